The Morgan fingerprint density at radius 1 is 1.00 bits per heavy atom. The minimum Gasteiger partial charge on any atom is -0.306 e. The van der Waals surface area contributed by atoms with Crippen molar-refractivity contribution in [3.8, 4) is 0 Å². The zero-order valence-corrected chi connectivity index (χ0v) is 19.2. The molecule has 1 saturated heterocycles. The Hall–Kier alpha value is -1.92. The number of carbonyl (C=O) groups excluding carboxylic acids is 2. The molecule has 2 amide bonds. The summed E-state index contributed by atoms with van der Waals surface area (Å²) in [5.41, 5.74) is 1.40. The van der Waals surface area contributed by atoms with Gasteiger partial charge in [0.05, 0.1) is 6.54 Å². The summed E-state index contributed by atoms with van der Waals surface area (Å²) in [7, 11) is 2.03. The molecule has 2 aromatic carbocycles. The largest absolute Gasteiger partial charge is 0.306 e. The zero-order valence-electron chi connectivity index (χ0n) is 16.9. The minimum atomic E-state index is -0.617. The van der Waals surface area contributed by atoms with Crippen LogP contribution >= 0.6 is 35.6 Å². The molecule has 0 saturated carbocycles. The first-order chi connectivity index (χ1) is 14.3. The number of imide groups is 1. The van der Waals surface area contributed by atoms with Gasteiger partial charge in [0.1, 0.15) is 5.82 Å². The maximum Gasteiger partial charge on any atom is 0.258 e. The second-order valence-electron chi connectivity index (χ2n) is 7.96. The number of rotatable bonds is 4. The highest BCUT2D eigenvalue weighted by atomic mass is 35.5. The Balaban J connectivity index is 0.00000272. The summed E-state index contributed by atoms with van der Waals surface area (Å²) in [6, 6.07) is 11.2. The van der Waals surface area contributed by atoms with Crippen LogP contribution in [0.3, 0.4) is 0 Å². The van der Waals surface area contributed by atoms with Crippen molar-refractivity contribution in [3.63, 3.8) is 0 Å². The average Bonchev–Trinajstić information content (AvgIpc) is 2.97. The summed E-state index contributed by atoms with van der Waals surface area (Å²) >= 11 is 12.1. The first kappa shape index (κ1) is 23.7. The third-order valence-electron chi connectivity index (χ3n) is 6.03. The van der Waals surface area contributed by atoms with Gasteiger partial charge in [-0.2, -0.15) is 0 Å². The van der Waals surface area contributed by atoms with Crippen molar-refractivity contribution >= 4 is 47.4 Å². The summed E-state index contributed by atoms with van der Waals surface area (Å²) < 4.78 is 13.6. The fourth-order valence-corrected chi connectivity index (χ4v) is 4.94. The van der Waals surface area contributed by atoms with E-state index in [-0.39, 0.29) is 36.6 Å². The van der Waals surface area contributed by atoms with Gasteiger partial charge in [0.2, 0.25) is 0 Å². The van der Waals surface area contributed by atoms with Crippen molar-refractivity contribution in [2.45, 2.75) is 24.8 Å². The highest BCUT2D eigenvalue weighted by Gasteiger charge is 2.47. The number of nitrogens with zero attached hydrogens (tertiary/aromatic N) is 2. The Morgan fingerprint density at radius 2 is 1.58 bits per heavy atom. The minimum absolute atomic E-state index is 0. The molecule has 4 nitrogen and oxygen atoms in total. The maximum absolute atomic E-state index is 13.6. The molecule has 2 aromatic rings. The predicted molar refractivity (Wildman–Crippen MR) is 122 cm³/mol. The van der Waals surface area contributed by atoms with Crippen LogP contribution in [0, 0.1) is 5.82 Å². The maximum atomic E-state index is 13.6. The molecule has 0 aromatic heterocycles. The molecule has 2 aliphatic rings. The van der Waals surface area contributed by atoms with Crippen molar-refractivity contribution in [1.29, 1.82) is 0 Å². The standard InChI is InChI=1S/C23H21Cl2FN2O2.ClH/c1-27-8-6-23(7-9-27,16-2-4-19(26)5-3-16)20-13-21(29)28(22(20)30)14-15-10-17(24)12-18(25)11-15;/h2-5,10-13H,6-9,14H2,1H3;1H. The molecule has 4 rings (SSSR count). The van der Waals surface area contributed by atoms with E-state index in [0.29, 0.717) is 34.0 Å². The van der Waals surface area contributed by atoms with Gasteiger partial charge in [0.25, 0.3) is 11.8 Å². The predicted octanol–water partition coefficient (Wildman–Crippen LogP) is 5.01. The summed E-state index contributed by atoms with van der Waals surface area (Å²) in [5.74, 6) is -0.999. The summed E-state index contributed by atoms with van der Waals surface area (Å²) in [5, 5.41) is 0.894. The number of halogens is 4. The van der Waals surface area contributed by atoms with Crippen LogP contribution in [0.2, 0.25) is 10.0 Å². The summed E-state index contributed by atoms with van der Waals surface area (Å²) in [4.78, 5) is 29.6. The van der Waals surface area contributed by atoms with Crippen LogP contribution in [0.4, 0.5) is 4.39 Å². The van der Waals surface area contributed by atoms with Crippen molar-refractivity contribution in [2.24, 2.45) is 0 Å². The molecule has 0 spiro atoms. The first-order valence-electron chi connectivity index (χ1n) is 9.76. The molecule has 0 radical (unpaired) electrons. The Morgan fingerprint density at radius 3 is 2.16 bits per heavy atom. The van der Waals surface area contributed by atoms with Gasteiger partial charge in [-0.1, -0.05) is 35.3 Å². The molecule has 0 aliphatic carbocycles. The van der Waals surface area contributed by atoms with Crippen LogP contribution in [0.15, 0.2) is 54.1 Å². The Labute approximate surface area is 197 Å². The van der Waals surface area contributed by atoms with Crippen LogP contribution < -0.4 is 0 Å². The van der Waals surface area contributed by atoms with Crippen molar-refractivity contribution in [3.05, 3.63) is 81.1 Å². The number of likely N-dealkylation sites (tertiary alicyclic amines) is 1. The lowest BCUT2D eigenvalue weighted by molar-refractivity contribution is -0.138. The topological polar surface area (TPSA) is 40.6 Å². The third-order valence-corrected chi connectivity index (χ3v) is 6.46. The van der Waals surface area contributed by atoms with E-state index in [1.807, 2.05) is 7.05 Å². The van der Waals surface area contributed by atoms with Crippen molar-refractivity contribution in [1.82, 2.24) is 9.80 Å². The molecule has 0 unspecified atom stereocenters. The lowest BCUT2D eigenvalue weighted by Crippen LogP contribution is -2.44. The Kier molecular flexibility index (Phi) is 7.11. The second kappa shape index (κ2) is 9.29. The monoisotopic (exact) mass is 482 g/mol. The smallest absolute Gasteiger partial charge is 0.258 e. The first-order valence-corrected chi connectivity index (χ1v) is 10.5. The fraction of sp³-hybridized carbons (Fsp3) is 0.304. The van der Waals surface area contributed by atoms with Crippen LogP contribution in [0.25, 0.3) is 0 Å². The van der Waals surface area contributed by atoms with E-state index in [2.05, 4.69) is 4.90 Å². The van der Waals surface area contributed by atoms with Gasteiger partial charge in [0.15, 0.2) is 0 Å². The van der Waals surface area contributed by atoms with E-state index in [0.717, 1.165) is 18.7 Å². The van der Waals surface area contributed by atoms with E-state index in [9.17, 15) is 14.0 Å². The number of hydrogen-bond acceptors (Lipinski definition) is 3. The molecule has 2 aliphatic heterocycles. The summed E-state index contributed by atoms with van der Waals surface area (Å²) in [6.07, 6.45) is 2.80. The van der Waals surface area contributed by atoms with Gasteiger partial charge in [-0.3, -0.25) is 14.5 Å². The Bertz CT molecular complexity index is 1010. The second-order valence-corrected chi connectivity index (χ2v) is 8.83. The number of piperidine rings is 1. The molecule has 1 fully saturated rings. The normalized spacial score (nSPS) is 18.7. The van der Waals surface area contributed by atoms with Crippen molar-refractivity contribution < 1.29 is 14.0 Å². The number of carbonyl (C=O) groups is 2. The zero-order chi connectivity index (χ0) is 21.5. The fourth-order valence-electron chi connectivity index (χ4n) is 4.37. The number of benzene rings is 2. The van der Waals surface area contributed by atoms with Crippen molar-refractivity contribution in [2.75, 3.05) is 20.1 Å². The molecule has 31 heavy (non-hydrogen) atoms. The van der Waals surface area contributed by atoms with Gasteiger partial charge in [-0.25, -0.2) is 4.39 Å². The average molecular weight is 484 g/mol. The lowest BCUT2D eigenvalue weighted by atomic mass is 9.67. The molecule has 0 bridgehead atoms. The number of hydrogen-bond donors (Lipinski definition) is 0. The van der Waals surface area contributed by atoms with Crippen LogP contribution in [0.1, 0.15) is 24.0 Å². The molecular weight excluding hydrogens is 462 g/mol. The number of amides is 2. The molecule has 0 N–H and O–H groups in total. The van der Waals surface area contributed by atoms with E-state index < -0.39 is 5.41 Å². The quantitative estimate of drug-likeness (QED) is 0.574. The molecule has 2 heterocycles. The van der Waals surface area contributed by atoms with E-state index in [4.69, 9.17) is 23.2 Å². The molecule has 8 heteroatoms. The van der Waals surface area contributed by atoms with Crippen LogP contribution in [0.5, 0.6) is 0 Å². The highest BCUT2D eigenvalue weighted by molar-refractivity contribution is 6.34. The van der Waals surface area contributed by atoms with Crippen LogP contribution in [-0.2, 0) is 21.5 Å². The van der Waals surface area contributed by atoms with E-state index >= 15 is 0 Å². The van der Waals surface area contributed by atoms with Gasteiger partial charge >= 0.3 is 0 Å². The molecule has 164 valence electrons. The van der Waals surface area contributed by atoms with E-state index in [1.165, 1.54) is 23.1 Å². The van der Waals surface area contributed by atoms with Crippen LogP contribution in [-0.4, -0.2) is 41.8 Å². The van der Waals surface area contributed by atoms with E-state index in [1.54, 1.807) is 30.3 Å². The summed E-state index contributed by atoms with van der Waals surface area (Å²) in [6.45, 7) is 1.65. The SMILES string of the molecule is CN1CCC(C2=CC(=O)N(Cc3cc(Cl)cc(Cl)c3)C2=O)(c2ccc(F)cc2)CC1.Cl. The van der Waals surface area contributed by atoms with Gasteiger partial charge in [-0.15, -0.1) is 12.4 Å². The third kappa shape index (κ3) is 4.65. The van der Waals surface area contributed by atoms with Gasteiger partial charge in [0, 0.05) is 27.1 Å². The lowest BCUT2D eigenvalue weighted by Gasteiger charge is -2.41. The molecular formula is C23H22Cl3FN2O2. The van der Waals surface area contributed by atoms with Gasteiger partial charge in [-0.05, 0) is 74.4 Å². The molecule has 0 atom stereocenters. The van der Waals surface area contributed by atoms with Gasteiger partial charge < -0.3 is 4.90 Å². The highest BCUT2D eigenvalue weighted by Crippen LogP contribution is 2.44.